The molecular formula is C13H15FN4O2S. The van der Waals surface area contributed by atoms with Gasteiger partial charge in [-0.05, 0) is 6.07 Å². The summed E-state index contributed by atoms with van der Waals surface area (Å²) in [6, 6.07) is 6.37. The normalized spacial score (nSPS) is 10.6. The zero-order chi connectivity index (χ0) is 15.2. The summed E-state index contributed by atoms with van der Waals surface area (Å²) in [5.41, 5.74) is 5.82. The van der Waals surface area contributed by atoms with E-state index in [0.717, 1.165) is 11.8 Å². The lowest BCUT2D eigenvalue weighted by molar-refractivity contribution is -0.127. The molecule has 0 bridgehead atoms. The van der Waals surface area contributed by atoms with Gasteiger partial charge in [0.25, 0.3) is 5.22 Å². The summed E-state index contributed by atoms with van der Waals surface area (Å²) >= 11 is 1.13. The van der Waals surface area contributed by atoms with Crippen LogP contribution in [0.25, 0.3) is 0 Å². The molecule has 2 rings (SSSR count). The minimum absolute atomic E-state index is 0.136. The van der Waals surface area contributed by atoms with Gasteiger partial charge >= 0.3 is 0 Å². The average Bonchev–Trinajstić information content (AvgIpc) is 2.95. The number of carbonyl (C=O) groups excluding carboxylic acids is 1. The Bertz CT molecular complexity index is 620. The van der Waals surface area contributed by atoms with Crippen molar-refractivity contribution >= 4 is 17.7 Å². The van der Waals surface area contributed by atoms with Gasteiger partial charge in [0.1, 0.15) is 5.82 Å². The third-order valence-corrected chi connectivity index (χ3v) is 3.54. The lowest BCUT2D eigenvalue weighted by atomic mass is 10.2. The van der Waals surface area contributed by atoms with Gasteiger partial charge in [-0.15, -0.1) is 10.2 Å². The van der Waals surface area contributed by atoms with Crippen molar-refractivity contribution in [2.24, 2.45) is 5.73 Å². The van der Waals surface area contributed by atoms with Gasteiger partial charge in [0.05, 0.1) is 12.3 Å². The Labute approximate surface area is 125 Å². The summed E-state index contributed by atoms with van der Waals surface area (Å²) in [6.45, 7) is 0.374. The summed E-state index contributed by atoms with van der Waals surface area (Å²) in [5, 5.41) is 7.75. The molecule has 0 aliphatic carbocycles. The molecule has 1 aromatic carbocycles. The minimum atomic E-state index is -0.325. The molecule has 0 spiro atoms. The largest absolute Gasteiger partial charge is 0.415 e. The smallest absolute Gasteiger partial charge is 0.277 e. The van der Waals surface area contributed by atoms with Crippen molar-refractivity contribution < 1.29 is 13.6 Å². The number of nitrogens with zero attached hydrogens (tertiary/aromatic N) is 3. The second kappa shape index (κ2) is 7.19. The molecule has 2 aromatic rings. The van der Waals surface area contributed by atoms with Gasteiger partial charge in [0, 0.05) is 19.2 Å². The first-order valence-electron chi connectivity index (χ1n) is 6.22. The third kappa shape index (κ3) is 4.27. The molecule has 21 heavy (non-hydrogen) atoms. The number of carbonyl (C=O) groups is 1. The summed E-state index contributed by atoms with van der Waals surface area (Å²) in [4.78, 5) is 13.4. The standard InChI is InChI=1S/C13H15FN4O2S/c1-18(7-9-4-2-3-5-10(9)14)12(19)8-21-13-17-16-11(6-15)20-13/h2-5H,6-8,15H2,1H3. The monoisotopic (exact) mass is 310 g/mol. The number of halogens is 1. The Balaban J connectivity index is 1.86. The van der Waals surface area contributed by atoms with E-state index in [1.54, 1.807) is 25.2 Å². The first-order chi connectivity index (χ1) is 10.1. The Kier molecular flexibility index (Phi) is 5.29. The molecule has 1 amide bonds. The number of nitrogens with two attached hydrogens (primary N) is 1. The Morgan fingerprint density at radius 3 is 2.86 bits per heavy atom. The number of benzene rings is 1. The van der Waals surface area contributed by atoms with Gasteiger partial charge in [0.15, 0.2) is 0 Å². The van der Waals surface area contributed by atoms with Crippen molar-refractivity contribution in [1.29, 1.82) is 0 Å². The maximum Gasteiger partial charge on any atom is 0.277 e. The van der Waals surface area contributed by atoms with E-state index >= 15 is 0 Å². The van der Waals surface area contributed by atoms with Crippen molar-refractivity contribution in [2.45, 2.75) is 18.3 Å². The van der Waals surface area contributed by atoms with E-state index in [2.05, 4.69) is 10.2 Å². The Morgan fingerprint density at radius 1 is 1.43 bits per heavy atom. The fourth-order valence-corrected chi connectivity index (χ4v) is 2.30. The zero-order valence-electron chi connectivity index (χ0n) is 11.5. The number of amides is 1. The topological polar surface area (TPSA) is 85.2 Å². The highest BCUT2D eigenvalue weighted by Crippen LogP contribution is 2.17. The average molecular weight is 310 g/mol. The molecule has 0 aliphatic heterocycles. The Hall–Kier alpha value is -1.93. The molecule has 2 N–H and O–H groups in total. The lowest BCUT2D eigenvalue weighted by Gasteiger charge is -2.16. The van der Waals surface area contributed by atoms with Gasteiger partial charge in [-0.3, -0.25) is 4.79 Å². The second-order valence-corrected chi connectivity index (χ2v) is 5.22. The number of hydrogen-bond donors (Lipinski definition) is 1. The minimum Gasteiger partial charge on any atom is -0.415 e. The van der Waals surface area contributed by atoms with Crippen molar-refractivity contribution in [3.8, 4) is 0 Å². The first kappa shape index (κ1) is 15.5. The maximum atomic E-state index is 13.5. The van der Waals surface area contributed by atoms with Crippen LogP contribution in [0.2, 0.25) is 0 Å². The molecule has 0 unspecified atom stereocenters. The van der Waals surface area contributed by atoms with Gasteiger partial charge in [-0.25, -0.2) is 4.39 Å². The summed E-state index contributed by atoms with van der Waals surface area (Å²) in [7, 11) is 1.62. The predicted octanol–water partition coefficient (Wildman–Crippen LogP) is 1.42. The highest BCUT2D eigenvalue weighted by molar-refractivity contribution is 7.99. The molecule has 0 saturated carbocycles. The van der Waals surface area contributed by atoms with Crippen LogP contribution in [0, 0.1) is 5.82 Å². The molecule has 0 radical (unpaired) electrons. The van der Waals surface area contributed by atoms with Gasteiger partial charge in [0.2, 0.25) is 11.8 Å². The number of thioether (sulfide) groups is 1. The van der Waals surface area contributed by atoms with Crippen LogP contribution in [0.5, 0.6) is 0 Å². The molecule has 1 heterocycles. The molecule has 0 fully saturated rings. The van der Waals surface area contributed by atoms with Crippen LogP contribution in [-0.4, -0.2) is 33.8 Å². The van der Waals surface area contributed by atoms with Crippen LogP contribution < -0.4 is 5.73 Å². The third-order valence-electron chi connectivity index (χ3n) is 2.73. The van der Waals surface area contributed by atoms with Crippen LogP contribution in [0.3, 0.4) is 0 Å². The Morgan fingerprint density at radius 2 is 2.19 bits per heavy atom. The summed E-state index contributed by atoms with van der Waals surface area (Å²) in [5.74, 6) is -0.0216. The number of hydrogen-bond acceptors (Lipinski definition) is 6. The highest BCUT2D eigenvalue weighted by atomic mass is 32.2. The van der Waals surface area contributed by atoms with Gasteiger partial charge in [-0.2, -0.15) is 0 Å². The molecule has 1 aromatic heterocycles. The zero-order valence-corrected chi connectivity index (χ0v) is 12.3. The van der Waals surface area contributed by atoms with Crippen LogP contribution >= 0.6 is 11.8 Å². The molecule has 6 nitrogen and oxygen atoms in total. The van der Waals surface area contributed by atoms with Gasteiger partial charge < -0.3 is 15.1 Å². The fraction of sp³-hybridized carbons (Fsp3) is 0.308. The maximum absolute atomic E-state index is 13.5. The van der Waals surface area contributed by atoms with E-state index in [0.29, 0.717) is 16.7 Å². The van der Waals surface area contributed by atoms with E-state index < -0.39 is 0 Å². The van der Waals surface area contributed by atoms with Crippen molar-refractivity contribution in [1.82, 2.24) is 15.1 Å². The molecular weight excluding hydrogens is 295 g/mol. The molecule has 0 aliphatic rings. The van der Waals surface area contributed by atoms with Gasteiger partial charge in [-0.1, -0.05) is 30.0 Å². The SMILES string of the molecule is CN(Cc1ccccc1F)C(=O)CSc1nnc(CN)o1. The summed E-state index contributed by atoms with van der Waals surface area (Å²) in [6.07, 6.45) is 0. The van der Waals surface area contributed by atoms with E-state index in [-0.39, 0.29) is 30.6 Å². The molecule has 8 heteroatoms. The van der Waals surface area contributed by atoms with Crippen LogP contribution in [-0.2, 0) is 17.9 Å². The number of aromatic nitrogens is 2. The first-order valence-corrected chi connectivity index (χ1v) is 7.21. The van der Waals surface area contributed by atoms with E-state index in [1.165, 1.54) is 11.0 Å². The molecule has 0 saturated heterocycles. The highest BCUT2D eigenvalue weighted by Gasteiger charge is 2.14. The fourth-order valence-electron chi connectivity index (χ4n) is 1.58. The van der Waals surface area contributed by atoms with E-state index in [1.807, 2.05) is 0 Å². The number of rotatable bonds is 6. The second-order valence-electron chi connectivity index (χ2n) is 4.30. The van der Waals surface area contributed by atoms with E-state index in [4.69, 9.17) is 10.2 Å². The van der Waals surface area contributed by atoms with Crippen molar-refractivity contribution in [3.63, 3.8) is 0 Å². The van der Waals surface area contributed by atoms with Crippen LogP contribution in [0.15, 0.2) is 33.9 Å². The van der Waals surface area contributed by atoms with Crippen LogP contribution in [0.4, 0.5) is 4.39 Å². The molecule has 0 atom stereocenters. The summed E-state index contributed by atoms with van der Waals surface area (Å²) < 4.78 is 18.7. The van der Waals surface area contributed by atoms with Crippen molar-refractivity contribution in [2.75, 3.05) is 12.8 Å². The van der Waals surface area contributed by atoms with Crippen LogP contribution in [0.1, 0.15) is 11.5 Å². The predicted molar refractivity (Wildman–Crippen MR) is 75.8 cm³/mol. The van der Waals surface area contributed by atoms with Crippen molar-refractivity contribution in [3.05, 3.63) is 41.5 Å². The quantitative estimate of drug-likeness (QED) is 0.812. The van der Waals surface area contributed by atoms with E-state index in [9.17, 15) is 9.18 Å². The lowest BCUT2D eigenvalue weighted by Crippen LogP contribution is -2.28. The molecule has 112 valence electrons.